The van der Waals surface area contributed by atoms with Crippen molar-refractivity contribution in [3.05, 3.63) is 22.0 Å². The predicted octanol–water partition coefficient (Wildman–Crippen LogP) is 2.29. The van der Waals surface area contributed by atoms with E-state index in [0.29, 0.717) is 11.9 Å². The minimum Gasteiger partial charge on any atom is -0.406 e. The molecule has 0 radical (unpaired) electrons. The number of rotatable bonds is 5. The smallest absolute Gasteiger partial charge is 0.316 e. The zero-order valence-electron chi connectivity index (χ0n) is 10.9. The fourth-order valence-electron chi connectivity index (χ4n) is 1.41. The highest BCUT2D eigenvalue weighted by Gasteiger charge is 2.15. The molecule has 2 unspecified atom stereocenters. The van der Waals surface area contributed by atoms with Crippen LogP contribution in [0, 0.1) is 6.92 Å². The average Bonchev–Trinajstić information content (AvgIpc) is 2.97. The van der Waals surface area contributed by atoms with Gasteiger partial charge in [-0.1, -0.05) is 5.10 Å². The minimum absolute atomic E-state index is 0.0467. The lowest BCUT2D eigenvalue weighted by atomic mass is 10.3. The Balaban J connectivity index is 2.03. The van der Waals surface area contributed by atoms with Gasteiger partial charge in [-0.3, -0.25) is 0 Å². The van der Waals surface area contributed by atoms with Crippen LogP contribution in [0.25, 0.3) is 0 Å². The Morgan fingerprint density at radius 2 is 2.06 bits per heavy atom. The molecule has 6 nitrogen and oxygen atoms in total. The number of aryl methyl sites for hydroxylation is 1. The molecule has 0 spiro atoms. The van der Waals surface area contributed by atoms with Crippen LogP contribution in [0.3, 0.4) is 0 Å². The second kappa shape index (κ2) is 5.45. The quantitative estimate of drug-likeness (QED) is 0.865. The zero-order chi connectivity index (χ0) is 13.1. The number of nitrogens with zero attached hydrogens (tertiary/aromatic N) is 3. The molecule has 0 aliphatic heterocycles. The van der Waals surface area contributed by atoms with Crippen molar-refractivity contribution in [2.45, 2.75) is 32.9 Å². The Labute approximate surface area is 110 Å². The van der Waals surface area contributed by atoms with Gasteiger partial charge in [0.1, 0.15) is 5.01 Å². The molecule has 2 aromatic rings. The fraction of sp³-hybridized carbons (Fsp3) is 0.545. The number of hydrogen-bond acceptors (Lipinski definition) is 7. The molecule has 0 saturated heterocycles. The maximum atomic E-state index is 5.52. The van der Waals surface area contributed by atoms with Crippen molar-refractivity contribution < 1.29 is 4.42 Å². The molecule has 0 saturated carbocycles. The highest BCUT2D eigenvalue weighted by molar-refractivity contribution is 7.11. The molecule has 2 heterocycles. The van der Waals surface area contributed by atoms with E-state index in [1.165, 1.54) is 4.88 Å². The molecule has 0 bridgehead atoms. The van der Waals surface area contributed by atoms with Crippen LogP contribution in [0.5, 0.6) is 0 Å². The first-order valence-corrected chi connectivity index (χ1v) is 6.61. The standard InChI is InChI=1S/C11H17N5OS/c1-6-5-13-10(18-6)8(3)14-11-16-15-9(17-11)7(2)12-4/h5,7-8,12H,1-4H3,(H,14,16). The molecule has 2 N–H and O–H groups in total. The molecular weight excluding hydrogens is 250 g/mol. The summed E-state index contributed by atoms with van der Waals surface area (Å²) in [6.45, 7) is 6.02. The largest absolute Gasteiger partial charge is 0.406 e. The average molecular weight is 267 g/mol. The van der Waals surface area contributed by atoms with E-state index in [1.807, 2.05) is 34.0 Å². The lowest BCUT2D eigenvalue weighted by molar-refractivity contribution is 0.439. The van der Waals surface area contributed by atoms with Crippen LogP contribution >= 0.6 is 11.3 Å². The van der Waals surface area contributed by atoms with Gasteiger partial charge in [0.2, 0.25) is 5.89 Å². The van der Waals surface area contributed by atoms with Gasteiger partial charge in [-0.25, -0.2) is 4.98 Å². The van der Waals surface area contributed by atoms with Gasteiger partial charge in [-0.2, -0.15) is 0 Å². The van der Waals surface area contributed by atoms with Gasteiger partial charge in [-0.15, -0.1) is 16.4 Å². The van der Waals surface area contributed by atoms with Crippen LogP contribution in [0.1, 0.15) is 41.7 Å². The van der Waals surface area contributed by atoms with Crippen molar-refractivity contribution in [1.82, 2.24) is 20.5 Å². The summed E-state index contributed by atoms with van der Waals surface area (Å²) in [4.78, 5) is 5.51. The van der Waals surface area contributed by atoms with E-state index in [-0.39, 0.29) is 12.1 Å². The van der Waals surface area contributed by atoms with E-state index in [9.17, 15) is 0 Å². The summed E-state index contributed by atoms with van der Waals surface area (Å²) in [6.07, 6.45) is 1.86. The normalized spacial score (nSPS) is 14.4. The molecule has 18 heavy (non-hydrogen) atoms. The van der Waals surface area contributed by atoms with Gasteiger partial charge >= 0.3 is 6.01 Å². The van der Waals surface area contributed by atoms with Crippen molar-refractivity contribution >= 4 is 17.4 Å². The van der Waals surface area contributed by atoms with Crippen LogP contribution in [0.2, 0.25) is 0 Å². The Morgan fingerprint density at radius 1 is 1.28 bits per heavy atom. The topological polar surface area (TPSA) is 75.9 Å². The van der Waals surface area contributed by atoms with Crippen molar-refractivity contribution in [2.75, 3.05) is 12.4 Å². The van der Waals surface area contributed by atoms with Gasteiger partial charge in [0.15, 0.2) is 0 Å². The second-order valence-corrected chi connectivity index (χ2v) is 5.40. The van der Waals surface area contributed by atoms with Gasteiger partial charge in [0.25, 0.3) is 0 Å². The summed E-state index contributed by atoms with van der Waals surface area (Å²) in [5, 5.41) is 15.2. The highest BCUT2D eigenvalue weighted by atomic mass is 32.1. The third-order valence-electron chi connectivity index (χ3n) is 2.59. The molecule has 0 aromatic carbocycles. The molecule has 7 heteroatoms. The zero-order valence-corrected chi connectivity index (χ0v) is 11.7. The number of nitrogens with one attached hydrogen (secondary N) is 2. The molecule has 0 aliphatic rings. The minimum atomic E-state index is 0.0467. The molecule has 0 amide bonds. The molecule has 2 atom stereocenters. The van der Waals surface area contributed by atoms with Crippen LogP contribution in [-0.4, -0.2) is 22.2 Å². The Kier molecular flexibility index (Phi) is 3.93. The molecule has 98 valence electrons. The third kappa shape index (κ3) is 2.85. The van der Waals surface area contributed by atoms with Crippen LogP contribution in [0.15, 0.2) is 10.6 Å². The van der Waals surface area contributed by atoms with Gasteiger partial charge in [0.05, 0.1) is 12.1 Å². The van der Waals surface area contributed by atoms with Crippen molar-refractivity contribution in [2.24, 2.45) is 0 Å². The number of aromatic nitrogens is 3. The summed E-state index contributed by atoms with van der Waals surface area (Å²) >= 11 is 1.66. The number of thiazole rings is 1. The summed E-state index contributed by atoms with van der Waals surface area (Å²) in [5.41, 5.74) is 0. The molecule has 2 aromatic heterocycles. The number of hydrogen-bond donors (Lipinski definition) is 2. The molecule has 2 rings (SSSR count). The highest BCUT2D eigenvalue weighted by Crippen LogP contribution is 2.23. The lowest BCUT2D eigenvalue weighted by Gasteiger charge is -2.08. The second-order valence-electron chi connectivity index (χ2n) is 4.13. The third-order valence-corrected chi connectivity index (χ3v) is 3.69. The Bertz CT molecular complexity index is 509. The maximum absolute atomic E-state index is 5.52. The van der Waals surface area contributed by atoms with Gasteiger partial charge < -0.3 is 15.1 Å². The number of anilines is 1. The summed E-state index contributed by atoms with van der Waals surface area (Å²) in [6, 6.07) is 0.528. The fourth-order valence-corrected chi connectivity index (χ4v) is 2.19. The lowest BCUT2D eigenvalue weighted by Crippen LogP contribution is -2.12. The summed E-state index contributed by atoms with van der Waals surface area (Å²) in [7, 11) is 1.85. The monoisotopic (exact) mass is 267 g/mol. The van der Waals surface area contributed by atoms with Gasteiger partial charge in [-0.05, 0) is 27.8 Å². The van der Waals surface area contributed by atoms with E-state index < -0.39 is 0 Å². The SMILES string of the molecule is CNC(C)c1nnc(NC(C)c2ncc(C)s2)o1. The first-order valence-electron chi connectivity index (χ1n) is 5.79. The molecule has 0 fully saturated rings. The van der Waals surface area contributed by atoms with Crippen LogP contribution in [-0.2, 0) is 0 Å². The summed E-state index contributed by atoms with van der Waals surface area (Å²) < 4.78 is 5.52. The van der Waals surface area contributed by atoms with E-state index in [1.54, 1.807) is 11.3 Å². The Hall–Kier alpha value is -1.47. The van der Waals surface area contributed by atoms with E-state index >= 15 is 0 Å². The summed E-state index contributed by atoms with van der Waals surface area (Å²) in [5.74, 6) is 0.572. The van der Waals surface area contributed by atoms with E-state index in [2.05, 4.69) is 25.8 Å². The van der Waals surface area contributed by atoms with Crippen molar-refractivity contribution in [3.63, 3.8) is 0 Å². The first-order chi connectivity index (χ1) is 8.60. The van der Waals surface area contributed by atoms with Crippen molar-refractivity contribution in [1.29, 1.82) is 0 Å². The van der Waals surface area contributed by atoms with E-state index in [0.717, 1.165) is 5.01 Å². The van der Waals surface area contributed by atoms with Gasteiger partial charge in [0, 0.05) is 11.1 Å². The van der Waals surface area contributed by atoms with Crippen LogP contribution in [0.4, 0.5) is 6.01 Å². The maximum Gasteiger partial charge on any atom is 0.316 e. The molecule has 0 aliphatic carbocycles. The van der Waals surface area contributed by atoms with Crippen LogP contribution < -0.4 is 10.6 Å². The van der Waals surface area contributed by atoms with E-state index in [4.69, 9.17) is 4.42 Å². The Morgan fingerprint density at radius 3 is 2.67 bits per heavy atom. The van der Waals surface area contributed by atoms with Crippen molar-refractivity contribution in [3.8, 4) is 0 Å². The predicted molar refractivity (Wildman–Crippen MR) is 70.7 cm³/mol. The first kappa shape index (κ1) is 13.0. The molecular formula is C11H17N5OS.